The summed E-state index contributed by atoms with van der Waals surface area (Å²) >= 11 is 0. The first-order valence-electron chi connectivity index (χ1n) is 12.2. The van der Waals surface area contributed by atoms with E-state index in [0.717, 1.165) is 59.2 Å². The summed E-state index contributed by atoms with van der Waals surface area (Å²) < 4.78 is 7.92. The minimum absolute atomic E-state index is 0.109. The maximum Gasteiger partial charge on any atom is 0.254 e. The molecule has 1 heterocycles. The molecule has 0 unspecified atom stereocenters. The summed E-state index contributed by atoms with van der Waals surface area (Å²) in [6.45, 7) is 6.19. The first-order chi connectivity index (χ1) is 16.0. The highest BCUT2D eigenvalue weighted by Gasteiger charge is 2.33. The minimum Gasteiger partial charge on any atom is -0.493 e. The van der Waals surface area contributed by atoms with Crippen LogP contribution in [0.3, 0.4) is 0 Å². The van der Waals surface area contributed by atoms with E-state index in [1.54, 1.807) is 0 Å². The molecule has 3 aromatic rings. The molecule has 2 fully saturated rings. The molecule has 5 nitrogen and oxygen atoms in total. The van der Waals surface area contributed by atoms with Gasteiger partial charge in [-0.25, -0.2) is 0 Å². The molecule has 172 valence electrons. The fraction of sp³-hybridized carbons (Fsp3) is 0.429. The zero-order valence-corrected chi connectivity index (χ0v) is 19.7. The lowest BCUT2D eigenvalue weighted by Crippen LogP contribution is -2.32. The van der Waals surface area contributed by atoms with Crippen molar-refractivity contribution < 1.29 is 9.53 Å². The maximum absolute atomic E-state index is 13.5. The van der Waals surface area contributed by atoms with Crippen molar-refractivity contribution >= 4 is 5.91 Å². The van der Waals surface area contributed by atoms with Crippen LogP contribution in [0.4, 0.5) is 0 Å². The van der Waals surface area contributed by atoms with Crippen LogP contribution in [0.25, 0.3) is 0 Å². The Morgan fingerprint density at radius 2 is 1.82 bits per heavy atom. The molecular formula is C28H33N3O2. The van der Waals surface area contributed by atoms with Crippen LogP contribution in [0.1, 0.15) is 65.0 Å². The highest BCUT2D eigenvalue weighted by atomic mass is 16.5. The van der Waals surface area contributed by atoms with Crippen LogP contribution in [0.15, 0.2) is 54.6 Å². The molecule has 1 aromatic heterocycles. The highest BCUT2D eigenvalue weighted by molar-refractivity contribution is 5.94. The number of nitrogens with zero attached hydrogens (tertiary/aromatic N) is 3. The third kappa shape index (κ3) is 5.29. The summed E-state index contributed by atoms with van der Waals surface area (Å²) in [4.78, 5) is 15.5. The van der Waals surface area contributed by atoms with Crippen molar-refractivity contribution in [2.24, 2.45) is 5.92 Å². The van der Waals surface area contributed by atoms with Crippen LogP contribution < -0.4 is 4.74 Å². The molecule has 0 bridgehead atoms. The molecule has 0 radical (unpaired) electrons. The fourth-order valence-corrected chi connectivity index (χ4v) is 4.49. The Morgan fingerprint density at radius 3 is 2.45 bits per heavy atom. The fourth-order valence-electron chi connectivity index (χ4n) is 4.49. The number of hydrogen-bond donors (Lipinski definition) is 0. The Balaban J connectivity index is 1.25. The normalized spacial score (nSPS) is 15.8. The number of benzene rings is 2. The summed E-state index contributed by atoms with van der Waals surface area (Å²) in [6.07, 6.45) is 6.08. The van der Waals surface area contributed by atoms with Crippen molar-refractivity contribution in [2.45, 2.75) is 65.1 Å². The van der Waals surface area contributed by atoms with Gasteiger partial charge in [-0.1, -0.05) is 30.7 Å². The number of carbonyl (C=O) groups excluding carboxylic acids is 1. The molecule has 2 saturated carbocycles. The zero-order chi connectivity index (χ0) is 22.8. The van der Waals surface area contributed by atoms with E-state index >= 15 is 0 Å². The number of aryl methyl sites for hydroxylation is 2. The van der Waals surface area contributed by atoms with Crippen LogP contribution >= 0.6 is 0 Å². The van der Waals surface area contributed by atoms with Crippen LogP contribution in [0, 0.1) is 19.8 Å². The van der Waals surface area contributed by atoms with Crippen LogP contribution in [-0.2, 0) is 13.1 Å². The molecule has 1 amide bonds. The molecule has 33 heavy (non-hydrogen) atoms. The highest BCUT2D eigenvalue weighted by Crippen LogP contribution is 2.31. The Kier molecular flexibility index (Phi) is 6.21. The van der Waals surface area contributed by atoms with Gasteiger partial charge in [-0.05, 0) is 86.9 Å². The van der Waals surface area contributed by atoms with Crippen molar-refractivity contribution in [3.63, 3.8) is 0 Å². The molecule has 0 saturated heterocycles. The smallest absolute Gasteiger partial charge is 0.254 e. The molecular weight excluding hydrogens is 410 g/mol. The second kappa shape index (κ2) is 9.42. The monoisotopic (exact) mass is 443 g/mol. The Labute approximate surface area is 196 Å². The molecule has 2 aliphatic carbocycles. The van der Waals surface area contributed by atoms with E-state index in [1.165, 1.54) is 19.3 Å². The SMILES string of the molecule is Cc1cc(C)n(Cc2cccc(C(=O)N(Cc3ccc(OCC4CCC4)cc3)C3CC3)c2)n1. The van der Waals surface area contributed by atoms with Gasteiger partial charge in [0, 0.05) is 23.8 Å². The predicted molar refractivity (Wildman–Crippen MR) is 129 cm³/mol. The van der Waals surface area contributed by atoms with Crippen molar-refractivity contribution in [1.29, 1.82) is 0 Å². The molecule has 0 atom stereocenters. The van der Waals surface area contributed by atoms with Gasteiger partial charge in [0.15, 0.2) is 0 Å². The van der Waals surface area contributed by atoms with E-state index in [9.17, 15) is 4.79 Å². The van der Waals surface area contributed by atoms with Crippen LogP contribution in [-0.4, -0.2) is 33.2 Å². The predicted octanol–water partition coefficient (Wildman–Crippen LogP) is 5.53. The molecule has 5 heteroatoms. The lowest BCUT2D eigenvalue weighted by Gasteiger charge is -2.25. The van der Waals surface area contributed by atoms with E-state index in [1.807, 2.05) is 46.8 Å². The maximum atomic E-state index is 13.5. The number of aromatic nitrogens is 2. The van der Waals surface area contributed by atoms with Crippen molar-refractivity contribution in [1.82, 2.24) is 14.7 Å². The zero-order valence-electron chi connectivity index (χ0n) is 19.7. The van der Waals surface area contributed by atoms with Crippen molar-refractivity contribution in [2.75, 3.05) is 6.61 Å². The average molecular weight is 444 g/mol. The summed E-state index contributed by atoms with van der Waals surface area (Å²) in [5.41, 5.74) is 5.13. The van der Waals surface area contributed by atoms with E-state index in [0.29, 0.717) is 19.1 Å². The number of ether oxygens (including phenoxy) is 1. The van der Waals surface area contributed by atoms with E-state index in [-0.39, 0.29) is 5.91 Å². The van der Waals surface area contributed by atoms with Crippen molar-refractivity contribution in [3.8, 4) is 5.75 Å². The summed E-state index contributed by atoms with van der Waals surface area (Å²) in [7, 11) is 0. The van der Waals surface area contributed by atoms with Gasteiger partial charge in [0.1, 0.15) is 5.75 Å². The molecule has 2 aliphatic rings. The molecule has 0 aliphatic heterocycles. The van der Waals surface area contributed by atoms with Gasteiger partial charge >= 0.3 is 0 Å². The standard InChI is InChI=1S/C28H33N3O2/c1-20-15-21(2)31(29-20)18-24-7-4-8-25(16-24)28(32)30(26-11-12-26)17-22-9-13-27(14-10-22)33-19-23-5-3-6-23/h4,7-10,13-16,23,26H,3,5-6,11-12,17-19H2,1-2H3. The van der Waals surface area contributed by atoms with Crippen molar-refractivity contribution in [3.05, 3.63) is 82.7 Å². The number of rotatable bonds is 9. The van der Waals surface area contributed by atoms with Gasteiger partial charge < -0.3 is 9.64 Å². The molecule has 0 spiro atoms. The number of amides is 1. The minimum atomic E-state index is 0.109. The summed E-state index contributed by atoms with van der Waals surface area (Å²) in [5, 5.41) is 4.56. The third-order valence-electron chi connectivity index (χ3n) is 6.84. The van der Waals surface area contributed by atoms with Gasteiger partial charge in [-0.2, -0.15) is 5.10 Å². The molecule has 5 rings (SSSR count). The first-order valence-corrected chi connectivity index (χ1v) is 12.2. The lowest BCUT2D eigenvalue weighted by molar-refractivity contribution is 0.0730. The van der Waals surface area contributed by atoms with Gasteiger partial charge in [-0.15, -0.1) is 0 Å². The topological polar surface area (TPSA) is 47.4 Å². The average Bonchev–Trinajstić information content (AvgIpc) is 3.57. The first kappa shape index (κ1) is 21.7. The molecule has 0 N–H and O–H groups in total. The Hall–Kier alpha value is -3.08. The van der Waals surface area contributed by atoms with Crippen LogP contribution in [0.5, 0.6) is 5.75 Å². The van der Waals surface area contributed by atoms with Gasteiger partial charge in [0.25, 0.3) is 5.91 Å². The molecule has 2 aromatic carbocycles. The van der Waals surface area contributed by atoms with Crippen LogP contribution in [0.2, 0.25) is 0 Å². The third-order valence-corrected chi connectivity index (χ3v) is 6.84. The summed E-state index contributed by atoms with van der Waals surface area (Å²) in [5.74, 6) is 1.76. The van der Waals surface area contributed by atoms with Gasteiger partial charge in [0.2, 0.25) is 0 Å². The Bertz CT molecular complexity index is 1110. The lowest BCUT2D eigenvalue weighted by atomic mass is 9.86. The van der Waals surface area contributed by atoms with Gasteiger partial charge in [0.05, 0.1) is 18.8 Å². The quantitative estimate of drug-likeness (QED) is 0.437. The van der Waals surface area contributed by atoms with E-state index in [2.05, 4.69) is 36.3 Å². The number of carbonyl (C=O) groups is 1. The van der Waals surface area contributed by atoms with E-state index < -0.39 is 0 Å². The second-order valence-electron chi connectivity index (χ2n) is 9.70. The number of hydrogen-bond acceptors (Lipinski definition) is 3. The van der Waals surface area contributed by atoms with Gasteiger partial charge in [-0.3, -0.25) is 9.48 Å². The van der Waals surface area contributed by atoms with E-state index in [4.69, 9.17) is 4.74 Å². The Morgan fingerprint density at radius 1 is 1.03 bits per heavy atom. The summed E-state index contributed by atoms with van der Waals surface area (Å²) in [6, 6.07) is 18.7. The second-order valence-corrected chi connectivity index (χ2v) is 9.70. The largest absolute Gasteiger partial charge is 0.493 e.